The number of carbonyl (C=O) groups is 1. The molecule has 0 spiro atoms. The van der Waals surface area contributed by atoms with Crippen molar-refractivity contribution in [2.24, 2.45) is 0 Å². The topological polar surface area (TPSA) is 46.4 Å². The van der Waals surface area contributed by atoms with E-state index >= 15 is 0 Å². The van der Waals surface area contributed by atoms with E-state index in [1.165, 1.54) is 0 Å². The van der Waals surface area contributed by atoms with Crippen LogP contribution in [0.1, 0.15) is 16.2 Å². The van der Waals surface area contributed by atoms with Crippen LogP contribution in [0.5, 0.6) is 0 Å². The molecule has 0 unspecified atom stereocenters. The van der Waals surface area contributed by atoms with Crippen LogP contribution in [-0.2, 0) is 0 Å². The Hall–Kier alpha value is -2.33. The molecule has 0 aliphatic carbocycles. The standard InChI is InChI=1S/C15H12ClN3O/c1-10-14(19-9-5-4-8-13(19)17-10)15(20)18-12-7-3-2-6-11(12)16/h2-9H,1H3,(H,18,20). The van der Waals surface area contributed by atoms with Crippen LogP contribution < -0.4 is 5.32 Å². The van der Waals surface area contributed by atoms with Gasteiger partial charge in [0.2, 0.25) is 0 Å². The Morgan fingerprint density at radius 2 is 1.95 bits per heavy atom. The number of carbonyl (C=O) groups excluding carboxylic acids is 1. The second kappa shape index (κ2) is 4.98. The lowest BCUT2D eigenvalue weighted by molar-refractivity contribution is 0.102. The molecule has 1 N–H and O–H groups in total. The number of hydrogen-bond acceptors (Lipinski definition) is 2. The van der Waals surface area contributed by atoms with E-state index in [0.717, 1.165) is 5.65 Å². The zero-order valence-corrected chi connectivity index (χ0v) is 11.6. The van der Waals surface area contributed by atoms with Gasteiger partial charge in [-0.1, -0.05) is 29.8 Å². The highest BCUT2D eigenvalue weighted by Crippen LogP contribution is 2.22. The lowest BCUT2D eigenvalue weighted by atomic mass is 10.3. The molecule has 4 nitrogen and oxygen atoms in total. The number of hydrogen-bond donors (Lipinski definition) is 1. The molecular formula is C15H12ClN3O. The van der Waals surface area contributed by atoms with Crippen molar-refractivity contribution in [1.29, 1.82) is 0 Å². The number of halogens is 1. The average molecular weight is 286 g/mol. The van der Waals surface area contributed by atoms with E-state index in [-0.39, 0.29) is 5.91 Å². The maximum atomic E-state index is 12.4. The van der Waals surface area contributed by atoms with E-state index in [1.54, 1.807) is 16.5 Å². The molecule has 2 aromatic heterocycles. The maximum absolute atomic E-state index is 12.4. The molecule has 1 amide bonds. The fourth-order valence-electron chi connectivity index (χ4n) is 2.13. The van der Waals surface area contributed by atoms with Gasteiger partial charge in [0.1, 0.15) is 11.3 Å². The minimum absolute atomic E-state index is 0.227. The summed E-state index contributed by atoms with van der Waals surface area (Å²) in [7, 11) is 0. The van der Waals surface area contributed by atoms with Crippen LogP contribution in [0.2, 0.25) is 5.02 Å². The Morgan fingerprint density at radius 3 is 2.75 bits per heavy atom. The Morgan fingerprint density at radius 1 is 1.20 bits per heavy atom. The molecule has 100 valence electrons. The van der Waals surface area contributed by atoms with Crippen molar-refractivity contribution in [3.8, 4) is 0 Å². The van der Waals surface area contributed by atoms with Crippen LogP contribution >= 0.6 is 11.6 Å². The Bertz CT molecular complexity index is 795. The van der Waals surface area contributed by atoms with E-state index in [1.807, 2.05) is 43.5 Å². The SMILES string of the molecule is Cc1nc2ccccn2c1C(=O)Nc1ccccc1Cl. The predicted octanol–water partition coefficient (Wildman–Crippen LogP) is 3.55. The van der Waals surface area contributed by atoms with E-state index in [9.17, 15) is 4.79 Å². The average Bonchev–Trinajstić information content (AvgIpc) is 2.77. The molecule has 0 saturated heterocycles. The largest absolute Gasteiger partial charge is 0.319 e. The molecular weight excluding hydrogens is 274 g/mol. The highest BCUT2D eigenvalue weighted by Gasteiger charge is 2.17. The van der Waals surface area contributed by atoms with Gasteiger partial charge >= 0.3 is 0 Å². The van der Waals surface area contributed by atoms with Gasteiger partial charge in [-0.05, 0) is 31.2 Å². The summed E-state index contributed by atoms with van der Waals surface area (Å²) in [6.07, 6.45) is 1.82. The molecule has 1 aromatic carbocycles. The zero-order valence-electron chi connectivity index (χ0n) is 10.8. The van der Waals surface area contributed by atoms with Gasteiger partial charge in [-0.25, -0.2) is 4.98 Å². The predicted molar refractivity (Wildman–Crippen MR) is 79.3 cm³/mol. The number of amides is 1. The van der Waals surface area contributed by atoms with Crippen molar-refractivity contribution in [2.75, 3.05) is 5.32 Å². The molecule has 0 saturated carbocycles. The maximum Gasteiger partial charge on any atom is 0.274 e. The summed E-state index contributed by atoms with van der Waals surface area (Å²) in [4.78, 5) is 16.8. The second-order valence-electron chi connectivity index (χ2n) is 4.41. The zero-order chi connectivity index (χ0) is 14.1. The molecule has 3 aromatic rings. The van der Waals surface area contributed by atoms with Gasteiger partial charge < -0.3 is 5.32 Å². The minimum atomic E-state index is -0.227. The number of aryl methyl sites for hydroxylation is 1. The molecule has 0 aliphatic rings. The molecule has 0 bridgehead atoms. The first-order valence-corrected chi connectivity index (χ1v) is 6.54. The normalized spacial score (nSPS) is 10.7. The summed E-state index contributed by atoms with van der Waals surface area (Å²) in [6, 6.07) is 12.7. The van der Waals surface area contributed by atoms with E-state index in [4.69, 9.17) is 11.6 Å². The van der Waals surface area contributed by atoms with Crippen molar-refractivity contribution in [2.45, 2.75) is 6.92 Å². The molecule has 0 atom stereocenters. The fourth-order valence-corrected chi connectivity index (χ4v) is 2.31. The summed E-state index contributed by atoms with van der Waals surface area (Å²) in [5.41, 5.74) is 2.53. The van der Waals surface area contributed by atoms with E-state index in [0.29, 0.717) is 22.1 Å². The summed E-state index contributed by atoms with van der Waals surface area (Å²) in [6.45, 7) is 1.81. The highest BCUT2D eigenvalue weighted by molar-refractivity contribution is 6.33. The van der Waals surface area contributed by atoms with E-state index < -0.39 is 0 Å². The number of aromatic nitrogens is 2. The van der Waals surface area contributed by atoms with Gasteiger partial charge in [-0.2, -0.15) is 0 Å². The Labute approximate surface area is 121 Å². The third-order valence-corrected chi connectivity index (χ3v) is 3.37. The quantitative estimate of drug-likeness (QED) is 0.783. The first-order valence-electron chi connectivity index (χ1n) is 6.16. The first kappa shape index (κ1) is 12.7. The molecule has 0 fully saturated rings. The summed E-state index contributed by atoms with van der Waals surface area (Å²) >= 11 is 6.05. The summed E-state index contributed by atoms with van der Waals surface area (Å²) in [5, 5.41) is 3.32. The van der Waals surface area contributed by atoms with Gasteiger partial charge in [0.05, 0.1) is 16.4 Å². The van der Waals surface area contributed by atoms with Gasteiger partial charge in [-0.3, -0.25) is 9.20 Å². The second-order valence-corrected chi connectivity index (χ2v) is 4.82. The van der Waals surface area contributed by atoms with Gasteiger partial charge in [-0.15, -0.1) is 0 Å². The molecule has 20 heavy (non-hydrogen) atoms. The monoisotopic (exact) mass is 285 g/mol. The van der Waals surface area contributed by atoms with Crippen molar-refractivity contribution in [3.63, 3.8) is 0 Å². The number of para-hydroxylation sites is 1. The van der Waals surface area contributed by atoms with Crippen LogP contribution in [0, 0.1) is 6.92 Å². The van der Waals surface area contributed by atoms with Gasteiger partial charge in [0, 0.05) is 6.20 Å². The molecule has 2 heterocycles. The summed E-state index contributed by atoms with van der Waals surface area (Å²) in [5.74, 6) is -0.227. The van der Waals surface area contributed by atoms with Crippen LogP contribution in [0.25, 0.3) is 5.65 Å². The number of rotatable bonds is 2. The lowest BCUT2D eigenvalue weighted by Crippen LogP contribution is -2.15. The van der Waals surface area contributed by atoms with Crippen molar-refractivity contribution in [1.82, 2.24) is 9.38 Å². The number of pyridine rings is 1. The molecule has 0 radical (unpaired) electrons. The smallest absolute Gasteiger partial charge is 0.274 e. The van der Waals surface area contributed by atoms with Crippen LogP contribution in [-0.4, -0.2) is 15.3 Å². The number of anilines is 1. The number of fused-ring (bicyclic) bond motifs is 1. The number of nitrogens with zero attached hydrogens (tertiary/aromatic N) is 2. The van der Waals surface area contributed by atoms with Crippen molar-refractivity contribution in [3.05, 3.63) is 65.1 Å². The molecule has 0 aliphatic heterocycles. The molecule has 3 rings (SSSR count). The third kappa shape index (κ3) is 2.14. The minimum Gasteiger partial charge on any atom is -0.319 e. The van der Waals surface area contributed by atoms with Crippen LogP contribution in [0.15, 0.2) is 48.7 Å². The van der Waals surface area contributed by atoms with Gasteiger partial charge in [0.25, 0.3) is 5.91 Å². The third-order valence-electron chi connectivity index (χ3n) is 3.04. The number of nitrogens with one attached hydrogen (secondary N) is 1. The lowest BCUT2D eigenvalue weighted by Gasteiger charge is -2.07. The Kier molecular flexibility index (Phi) is 3.16. The van der Waals surface area contributed by atoms with Crippen LogP contribution in [0.3, 0.4) is 0 Å². The Balaban J connectivity index is 2.01. The van der Waals surface area contributed by atoms with E-state index in [2.05, 4.69) is 10.3 Å². The van der Waals surface area contributed by atoms with Crippen molar-refractivity contribution >= 4 is 28.8 Å². The molecule has 5 heteroatoms. The van der Waals surface area contributed by atoms with Crippen LogP contribution in [0.4, 0.5) is 5.69 Å². The summed E-state index contributed by atoms with van der Waals surface area (Å²) < 4.78 is 1.77. The first-order chi connectivity index (χ1) is 9.66. The highest BCUT2D eigenvalue weighted by atomic mass is 35.5. The number of imidazole rings is 1. The number of benzene rings is 1. The van der Waals surface area contributed by atoms with Crippen molar-refractivity contribution < 1.29 is 4.79 Å². The van der Waals surface area contributed by atoms with Gasteiger partial charge in [0.15, 0.2) is 0 Å². The fraction of sp³-hybridized carbons (Fsp3) is 0.0667.